The van der Waals surface area contributed by atoms with Crippen LogP contribution in [-0.2, 0) is 0 Å². The maximum Gasteiger partial charge on any atom is 0.210 e. The Morgan fingerprint density at radius 2 is 1.20 bits per heavy atom. The molecule has 5 heteroatoms. The van der Waals surface area contributed by atoms with E-state index in [1.54, 1.807) is 0 Å². The summed E-state index contributed by atoms with van der Waals surface area (Å²) in [5, 5.41) is 16.9. The summed E-state index contributed by atoms with van der Waals surface area (Å²) in [6.45, 7) is 8.07. The number of nitriles is 1. The third-order valence-electron chi connectivity index (χ3n) is 9.74. The van der Waals surface area contributed by atoms with Crippen molar-refractivity contribution >= 4 is 71.2 Å². The predicted molar refractivity (Wildman–Crippen MR) is 199 cm³/mol. The van der Waals surface area contributed by atoms with Gasteiger partial charge in [0, 0.05) is 32.6 Å². The fraction of sp³-hybridized carbons (Fsp3) is 0. The van der Waals surface area contributed by atoms with E-state index in [-0.39, 0.29) is 0 Å². The molecule has 0 bridgehead atoms. The van der Waals surface area contributed by atoms with Crippen LogP contribution in [0.25, 0.3) is 92.9 Å². The van der Waals surface area contributed by atoms with Gasteiger partial charge in [-0.15, -0.1) is 0 Å². The van der Waals surface area contributed by atoms with E-state index in [1.165, 1.54) is 0 Å². The van der Waals surface area contributed by atoms with E-state index < -0.39 is 0 Å². The largest absolute Gasteiger partial charge is 0.455 e. The van der Waals surface area contributed by atoms with Gasteiger partial charge in [0.05, 0.1) is 51.3 Å². The van der Waals surface area contributed by atoms with Crippen LogP contribution in [0.3, 0.4) is 0 Å². The second kappa shape index (κ2) is 10.2. The van der Waals surface area contributed by atoms with Crippen molar-refractivity contribution in [2.24, 2.45) is 0 Å². The second-order valence-electron chi connectivity index (χ2n) is 12.4. The molecule has 3 aromatic heterocycles. The van der Waals surface area contributed by atoms with Crippen molar-refractivity contribution in [2.45, 2.75) is 0 Å². The van der Waals surface area contributed by atoms with Gasteiger partial charge < -0.3 is 13.6 Å². The molecule has 0 saturated heterocycles. The first-order valence-electron chi connectivity index (χ1n) is 16.1. The zero-order valence-electron chi connectivity index (χ0n) is 26.1. The van der Waals surface area contributed by atoms with Crippen LogP contribution in [0, 0.1) is 17.9 Å². The molecule has 0 radical (unpaired) electrons. The van der Waals surface area contributed by atoms with E-state index in [1.807, 2.05) is 72.8 Å². The number of benzene rings is 7. The smallest absolute Gasteiger partial charge is 0.210 e. The number of fused-ring (bicyclic) bond motifs is 10. The number of furan rings is 1. The van der Waals surface area contributed by atoms with E-state index in [0.29, 0.717) is 11.3 Å². The van der Waals surface area contributed by atoms with Gasteiger partial charge in [-0.25, -0.2) is 4.85 Å². The molecule has 7 aromatic carbocycles. The van der Waals surface area contributed by atoms with Crippen molar-refractivity contribution in [3.05, 3.63) is 163 Å². The normalized spacial score (nSPS) is 11.6. The van der Waals surface area contributed by atoms with Crippen LogP contribution in [0.15, 0.2) is 150 Å². The van der Waals surface area contributed by atoms with Gasteiger partial charge in [0.25, 0.3) is 0 Å². The summed E-state index contributed by atoms with van der Waals surface area (Å²) in [6, 6.07) is 51.8. The van der Waals surface area contributed by atoms with Gasteiger partial charge in [0.1, 0.15) is 11.2 Å². The van der Waals surface area contributed by atoms with Crippen LogP contribution in [-0.4, -0.2) is 9.13 Å². The van der Waals surface area contributed by atoms with E-state index >= 15 is 0 Å². The van der Waals surface area contributed by atoms with Crippen molar-refractivity contribution in [3.8, 4) is 28.6 Å². The Kier molecular flexibility index (Phi) is 5.64. The Labute approximate surface area is 280 Å². The summed E-state index contributed by atoms with van der Waals surface area (Å²) in [7, 11) is 0. The van der Waals surface area contributed by atoms with Gasteiger partial charge in [0.2, 0.25) is 5.69 Å². The lowest BCUT2D eigenvalue weighted by Gasteiger charge is -2.14. The molecule has 0 spiro atoms. The van der Waals surface area contributed by atoms with E-state index in [4.69, 9.17) is 11.0 Å². The third kappa shape index (κ3) is 3.85. The summed E-state index contributed by atoms with van der Waals surface area (Å²) in [5.74, 6) is 0. The highest BCUT2D eigenvalue weighted by Crippen LogP contribution is 2.42. The molecule has 0 aliphatic heterocycles. The molecule has 0 fully saturated rings. The van der Waals surface area contributed by atoms with Gasteiger partial charge >= 0.3 is 0 Å². The Bertz CT molecular complexity index is 3030. The molecule has 0 N–H and O–H groups in total. The van der Waals surface area contributed by atoms with Crippen LogP contribution < -0.4 is 0 Å². The molecule has 0 amide bonds. The topological polar surface area (TPSA) is 51.1 Å². The minimum Gasteiger partial charge on any atom is -0.455 e. The number of para-hydroxylation sites is 4. The summed E-state index contributed by atoms with van der Waals surface area (Å²) in [6.07, 6.45) is 0. The minimum atomic E-state index is 0.552. The van der Waals surface area contributed by atoms with Crippen LogP contribution in [0.5, 0.6) is 0 Å². The zero-order chi connectivity index (χ0) is 32.6. The fourth-order valence-electron chi connectivity index (χ4n) is 7.64. The molecule has 0 saturated carbocycles. The highest BCUT2D eigenvalue weighted by Gasteiger charge is 2.20. The van der Waals surface area contributed by atoms with Crippen LogP contribution in [0.2, 0.25) is 0 Å². The summed E-state index contributed by atoms with van der Waals surface area (Å²) in [5.41, 5.74) is 10.4. The first-order chi connectivity index (χ1) is 24.2. The molecule has 0 aliphatic carbocycles. The van der Waals surface area contributed by atoms with Crippen molar-refractivity contribution in [1.82, 2.24) is 9.13 Å². The first kappa shape index (κ1) is 27.1. The molecule has 10 aromatic rings. The monoisotopic (exact) mass is 624 g/mol. The SMILES string of the molecule is [C-]#[N+]c1ccc(-c2cc(C#N)cc(-n3c4ccccc4c4c5oc6ccccc6c5ccc43)c2)cc1-n1c2ccccc2c2ccccc21. The molecule has 0 aliphatic rings. The summed E-state index contributed by atoms with van der Waals surface area (Å²) < 4.78 is 10.9. The Morgan fingerprint density at radius 1 is 0.551 bits per heavy atom. The Morgan fingerprint density at radius 3 is 1.92 bits per heavy atom. The number of nitrogens with zero attached hydrogens (tertiary/aromatic N) is 4. The molecule has 10 rings (SSSR count). The molecular formula is C44H24N4O. The van der Waals surface area contributed by atoms with Gasteiger partial charge in [-0.05, 0) is 71.8 Å². The van der Waals surface area contributed by atoms with Crippen molar-refractivity contribution < 1.29 is 4.42 Å². The van der Waals surface area contributed by atoms with Crippen LogP contribution in [0.1, 0.15) is 5.56 Å². The molecule has 226 valence electrons. The summed E-state index contributed by atoms with van der Waals surface area (Å²) in [4.78, 5) is 3.94. The molecule has 49 heavy (non-hydrogen) atoms. The number of aromatic nitrogens is 2. The average molecular weight is 625 g/mol. The van der Waals surface area contributed by atoms with E-state index in [2.05, 4.69) is 92.8 Å². The van der Waals surface area contributed by atoms with Gasteiger partial charge in [0.15, 0.2) is 0 Å². The Balaban J connectivity index is 1.23. The maximum atomic E-state index is 10.3. The van der Waals surface area contributed by atoms with Crippen molar-refractivity contribution in [1.29, 1.82) is 5.26 Å². The quantitative estimate of drug-likeness (QED) is 0.184. The van der Waals surface area contributed by atoms with Gasteiger partial charge in [-0.1, -0.05) is 84.9 Å². The zero-order valence-corrected chi connectivity index (χ0v) is 26.1. The standard InChI is InChI=1S/C44H24N4O/c1-46-36-20-18-28(25-41(36)48-37-14-6-2-10-31(37)32-11-3-7-15-38(32)48)29-22-27(26-45)23-30(24-29)47-39-16-8-4-13-35(39)43-40(47)21-19-34-33-12-5-9-17-42(33)49-44(34)43/h2-25H. The lowest BCUT2D eigenvalue weighted by atomic mass is 10.0. The lowest BCUT2D eigenvalue weighted by molar-refractivity contribution is 0.673. The maximum absolute atomic E-state index is 10.3. The fourth-order valence-corrected chi connectivity index (χ4v) is 7.64. The highest BCUT2D eigenvalue weighted by molar-refractivity contribution is 6.23. The van der Waals surface area contributed by atoms with Crippen molar-refractivity contribution in [2.75, 3.05) is 0 Å². The van der Waals surface area contributed by atoms with E-state index in [0.717, 1.165) is 88.1 Å². The Hall–Kier alpha value is -7.08. The molecule has 0 unspecified atom stereocenters. The number of rotatable bonds is 3. The predicted octanol–water partition coefficient (Wildman–Crippen LogP) is 11.9. The number of hydrogen-bond acceptors (Lipinski definition) is 2. The average Bonchev–Trinajstić information content (AvgIpc) is 3.82. The second-order valence-corrected chi connectivity index (χ2v) is 12.4. The molecule has 0 atom stereocenters. The number of hydrogen-bond donors (Lipinski definition) is 0. The van der Waals surface area contributed by atoms with Gasteiger partial charge in [-0.2, -0.15) is 5.26 Å². The first-order valence-corrected chi connectivity index (χ1v) is 16.1. The molecule has 3 heterocycles. The van der Waals surface area contributed by atoms with Crippen LogP contribution in [0.4, 0.5) is 5.69 Å². The lowest BCUT2D eigenvalue weighted by Crippen LogP contribution is -1.97. The van der Waals surface area contributed by atoms with Crippen molar-refractivity contribution in [3.63, 3.8) is 0 Å². The molecule has 5 nitrogen and oxygen atoms in total. The summed E-state index contributed by atoms with van der Waals surface area (Å²) >= 11 is 0. The van der Waals surface area contributed by atoms with Gasteiger partial charge in [-0.3, -0.25) is 0 Å². The third-order valence-corrected chi connectivity index (χ3v) is 9.74. The highest BCUT2D eigenvalue weighted by atomic mass is 16.3. The molecular weight excluding hydrogens is 601 g/mol. The van der Waals surface area contributed by atoms with E-state index in [9.17, 15) is 5.26 Å². The van der Waals surface area contributed by atoms with Crippen LogP contribution >= 0.6 is 0 Å². The minimum absolute atomic E-state index is 0.552.